The smallest absolute Gasteiger partial charge is 0.320 e. The number of ether oxygens (including phenoxy) is 2. The Labute approximate surface area is 146 Å². The maximum Gasteiger partial charge on any atom is 0.320 e. The number of amides is 2. The fraction of sp³-hybridized carbons (Fsp3) is 0.250. The molecule has 0 bridgehead atoms. The van der Waals surface area contributed by atoms with Crippen molar-refractivity contribution in [1.82, 2.24) is 10.6 Å². The minimum Gasteiger partial charge on any atom is -0.497 e. The summed E-state index contributed by atoms with van der Waals surface area (Å²) in [5.41, 5.74) is 5.36. The Bertz CT molecular complexity index is 873. The molecule has 0 saturated carbocycles. The largest absolute Gasteiger partial charge is 0.497 e. The highest BCUT2D eigenvalue weighted by Gasteiger charge is 2.33. The van der Waals surface area contributed by atoms with Gasteiger partial charge in [0.05, 0.1) is 26.0 Å². The number of nitrogens with one attached hydrogen (secondary N) is 2. The fourth-order valence-corrected chi connectivity index (χ4v) is 3.68. The molecule has 0 fully saturated rings. The second-order valence-electron chi connectivity index (χ2n) is 6.20. The zero-order valence-electron chi connectivity index (χ0n) is 14.3. The molecule has 5 nitrogen and oxygen atoms in total. The van der Waals surface area contributed by atoms with Gasteiger partial charge in [-0.05, 0) is 42.2 Å². The van der Waals surface area contributed by atoms with E-state index in [4.69, 9.17) is 9.47 Å². The first-order valence-electron chi connectivity index (χ1n) is 8.32. The Hall–Kier alpha value is -2.95. The Morgan fingerprint density at radius 1 is 1.04 bits per heavy atom. The van der Waals surface area contributed by atoms with Crippen molar-refractivity contribution in [3.05, 3.63) is 64.7 Å². The average molecular weight is 336 g/mol. The van der Waals surface area contributed by atoms with Crippen LogP contribution in [-0.4, -0.2) is 20.3 Å². The van der Waals surface area contributed by atoms with Crippen molar-refractivity contribution in [2.45, 2.75) is 18.9 Å². The monoisotopic (exact) mass is 336 g/mol. The van der Waals surface area contributed by atoms with Gasteiger partial charge in [-0.15, -0.1) is 0 Å². The molecule has 2 N–H and O–H groups in total. The predicted octanol–water partition coefficient (Wildman–Crippen LogP) is 3.42. The number of carbonyl (C=O) groups excluding carboxylic acids is 1. The van der Waals surface area contributed by atoms with Crippen molar-refractivity contribution in [3.8, 4) is 11.5 Å². The van der Waals surface area contributed by atoms with Gasteiger partial charge in [-0.2, -0.15) is 0 Å². The third-order valence-electron chi connectivity index (χ3n) is 4.88. The lowest BCUT2D eigenvalue weighted by atomic mass is 9.82. The Morgan fingerprint density at radius 2 is 1.88 bits per heavy atom. The number of benzene rings is 2. The van der Waals surface area contributed by atoms with Crippen LogP contribution in [0.2, 0.25) is 0 Å². The molecule has 2 aliphatic rings. The summed E-state index contributed by atoms with van der Waals surface area (Å²) in [6, 6.07) is 13.5. The van der Waals surface area contributed by atoms with E-state index in [9.17, 15) is 4.79 Å². The van der Waals surface area contributed by atoms with Gasteiger partial charge in [0.25, 0.3) is 0 Å². The highest BCUT2D eigenvalue weighted by atomic mass is 16.5. The van der Waals surface area contributed by atoms with Crippen molar-refractivity contribution in [2.24, 2.45) is 0 Å². The summed E-state index contributed by atoms with van der Waals surface area (Å²) in [6.07, 6.45) is 1.83. The fourth-order valence-electron chi connectivity index (χ4n) is 3.68. The molecule has 4 rings (SSSR count). The van der Waals surface area contributed by atoms with Crippen LogP contribution in [0.25, 0.3) is 5.70 Å². The Morgan fingerprint density at radius 3 is 2.68 bits per heavy atom. The van der Waals surface area contributed by atoms with Crippen molar-refractivity contribution >= 4 is 11.7 Å². The Balaban J connectivity index is 1.87. The molecule has 1 heterocycles. The van der Waals surface area contributed by atoms with Crippen LogP contribution in [0, 0.1) is 0 Å². The number of methoxy groups -OCH3 is 2. The van der Waals surface area contributed by atoms with Gasteiger partial charge >= 0.3 is 6.03 Å². The van der Waals surface area contributed by atoms with Crippen molar-refractivity contribution in [1.29, 1.82) is 0 Å². The first-order chi connectivity index (χ1) is 12.2. The van der Waals surface area contributed by atoms with Gasteiger partial charge in [0.1, 0.15) is 11.5 Å². The van der Waals surface area contributed by atoms with E-state index in [0.29, 0.717) is 0 Å². The van der Waals surface area contributed by atoms with E-state index in [-0.39, 0.29) is 12.1 Å². The molecule has 0 aromatic heterocycles. The van der Waals surface area contributed by atoms with Crippen LogP contribution in [0.15, 0.2) is 48.0 Å². The topological polar surface area (TPSA) is 59.6 Å². The summed E-state index contributed by atoms with van der Waals surface area (Å²) in [5, 5.41) is 6.04. The van der Waals surface area contributed by atoms with Crippen molar-refractivity contribution in [3.63, 3.8) is 0 Å². The molecule has 2 aromatic rings. The predicted molar refractivity (Wildman–Crippen MR) is 95.6 cm³/mol. The number of carbonyl (C=O) groups is 1. The van der Waals surface area contributed by atoms with E-state index < -0.39 is 0 Å². The molecule has 0 saturated heterocycles. The van der Waals surface area contributed by atoms with E-state index in [1.165, 1.54) is 11.1 Å². The second-order valence-corrected chi connectivity index (χ2v) is 6.20. The Kier molecular flexibility index (Phi) is 3.84. The second kappa shape index (κ2) is 6.16. The lowest BCUT2D eigenvalue weighted by Gasteiger charge is -2.34. The van der Waals surface area contributed by atoms with E-state index in [2.05, 4.69) is 22.8 Å². The first kappa shape index (κ1) is 15.6. The van der Waals surface area contributed by atoms with Crippen LogP contribution < -0.4 is 20.1 Å². The van der Waals surface area contributed by atoms with Gasteiger partial charge in [-0.3, -0.25) is 0 Å². The summed E-state index contributed by atoms with van der Waals surface area (Å²) in [4.78, 5) is 12.3. The van der Waals surface area contributed by atoms with Gasteiger partial charge in [-0.1, -0.05) is 24.3 Å². The number of rotatable bonds is 3. The summed E-state index contributed by atoms with van der Waals surface area (Å²) in [5.74, 6) is 1.47. The number of hydrogen-bond donors (Lipinski definition) is 2. The van der Waals surface area contributed by atoms with Gasteiger partial charge in [0, 0.05) is 11.1 Å². The molecule has 1 atom stereocenters. The molecule has 2 aromatic carbocycles. The normalized spacial score (nSPS) is 18.6. The first-order valence-corrected chi connectivity index (χ1v) is 8.32. The number of aryl methyl sites for hydroxylation is 1. The maximum absolute atomic E-state index is 12.3. The highest BCUT2D eigenvalue weighted by molar-refractivity contribution is 5.91. The molecule has 1 unspecified atom stereocenters. The average Bonchev–Trinajstić information content (AvgIpc) is 2.66. The molecule has 0 radical (unpaired) electrons. The molecule has 0 spiro atoms. The van der Waals surface area contributed by atoms with Gasteiger partial charge in [0.2, 0.25) is 0 Å². The summed E-state index contributed by atoms with van der Waals surface area (Å²) in [6.45, 7) is 0. The minimum absolute atomic E-state index is 0.203. The quantitative estimate of drug-likeness (QED) is 0.903. The zero-order valence-corrected chi connectivity index (χ0v) is 14.3. The molecule has 25 heavy (non-hydrogen) atoms. The van der Waals surface area contributed by atoms with Gasteiger partial charge in [0.15, 0.2) is 0 Å². The zero-order chi connectivity index (χ0) is 17.4. The SMILES string of the molecule is COc1ccc(OC)c(C2NC(=O)NC3=C2CCc2ccccc23)c1. The molecule has 2 amide bonds. The van der Waals surface area contributed by atoms with Crippen LogP contribution in [0.3, 0.4) is 0 Å². The van der Waals surface area contributed by atoms with Gasteiger partial charge < -0.3 is 20.1 Å². The standard InChI is InChI=1S/C20H20N2O3/c1-24-13-8-10-17(25-2)16(11-13)19-15-9-7-12-5-3-4-6-14(12)18(15)21-20(23)22-19/h3-6,8,10-11,19H,7,9H2,1-2H3,(H2,21,22,23). The molecular weight excluding hydrogens is 316 g/mol. The summed E-state index contributed by atoms with van der Waals surface area (Å²) < 4.78 is 10.9. The van der Waals surface area contributed by atoms with Crippen LogP contribution in [0.4, 0.5) is 4.79 Å². The molecular formula is C20H20N2O3. The highest BCUT2D eigenvalue weighted by Crippen LogP contribution is 2.41. The molecule has 5 heteroatoms. The van der Waals surface area contributed by atoms with Crippen molar-refractivity contribution in [2.75, 3.05) is 14.2 Å². The summed E-state index contributed by atoms with van der Waals surface area (Å²) in [7, 11) is 3.27. The lowest BCUT2D eigenvalue weighted by molar-refractivity contribution is 0.240. The minimum atomic E-state index is -0.234. The van der Waals surface area contributed by atoms with Crippen LogP contribution in [-0.2, 0) is 6.42 Å². The van der Waals surface area contributed by atoms with E-state index in [0.717, 1.165) is 41.2 Å². The molecule has 1 aliphatic carbocycles. The van der Waals surface area contributed by atoms with Crippen LogP contribution in [0.5, 0.6) is 11.5 Å². The van der Waals surface area contributed by atoms with E-state index >= 15 is 0 Å². The maximum atomic E-state index is 12.3. The van der Waals surface area contributed by atoms with Crippen molar-refractivity contribution < 1.29 is 14.3 Å². The molecule has 1 aliphatic heterocycles. The van der Waals surface area contributed by atoms with Crippen LogP contribution >= 0.6 is 0 Å². The molecule has 128 valence electrons. The lowest BCUT2D eigenvalue weighted by Crippen LogP contribution is -2.44. The third kappa shape index (κ3) is 2.61. The van der Waals surface area contributed by atoms with E-state index in [1.54, 1.807) is 14.2 Å². The van der Waals surface area contributed by atoms with E-state index in [1.807, 2.05) is 30.3 Å². The number of fused-ring (bicyclic) bond motifs is 2. The van der Waals surface area contributed by atoms with Crippen LogP contribution in [0.1, 0.15) is 29.2 Å². The third-order valence-corrected chi connectivity index (χ3v) is 4.88. The van der Waals surface area contributed by atoms with Gasteiger partial charge in [-0.25, -0.2) is 4.79 Å². The number of urea groups is 1. The number of hydrogen-bond acceptors (Lipinski definition) is 3. The summed E-state index contributed by atoms with van der Waals surface area (Å²) >= 11 is 0.